The summed E-state index contributed by atoms with van der Waals surface area (Å²) in [6.45, 7) is 4.12. The predicted molar refractivity (Wildman–Crippen MR) is 106 cm³/mol. The zero-order chi connectivity index (χ0) is 19.6. The van der Waals surface area contributed by atoms with Crippen LogP contribution in [-0.2, 0) is 9.53 Å². The fourth-order valence-corrected chi connectivity index (χ4v) is 3.88. The number of benzene rings is 2. The molecule has 5 nitrogen and oxygen atoms in total. The Morgan fingerprint density at radius 1 is 1.26 bits per heavy atom. The molecule has 1 heterocycles. The first-order valence-electron chi connectivity index (χ1n) is 8.77. The SMILES string of the molecule is COc1ccc([C@H](C)[C@H](Br)C(=O)N2C(=O)OC[C@@H]2c2ccccc2)c(C)c1. The summed E-state index contributed by atoms with van der Waals surface area (Å²) in [6.07, 6.45) is -0.600. The van der Waals surface area contributed by atoms with Gasteiger partial charge in [0.1, 0.15) is 23.2 Å². The number of halogens is 1. The van der Waals surface area contributed by atoms with E-state index in [4.69, 9.17) is 9.47 Å². The molecule has 1 aliphatic rings. The molecule has 0 unspecified atom stereocenters. The van der Waals surface area contributed by atoms with Crippen LogP contribution in [0, 0.1) is 6.92 Å². The molecule has 0 bridgehead atoms. The molecule has 0 saturated carbocycles. The molecule has 0 aromatic heterocycles. The maximum atomic E-state index is 13.1. The second-order valence-corrected chi connectivity index (χ2v) is 7.61. The summed E-state index contributed by atoms with van der Waals surface area (Å²) in [6, 6.07) is 14.8. The van der Waals surface area contributed by atoms with Gasteiger partial charge in [-0.15, -0.1) is 0 Å². The molecule has 0 radical (unpaired) electrons. The van der Waals surface area contributed by atoms with E-state index in [1.807, 2.05) is 62.4 Å². The maximum Gasteiger partial charge on any atom is 0.417 e. The van der Waals surface area contributed by atoms with Crippen molar-refractivity contribution in [2.75, 3.05) is 13.7 Å². The van der Waals surface area contributed by atoms with E-state index in [-0.39, 0.29) is 18.4 Å². The van der Waals surface area contributed by atoms with Gasteiger partial charge in [-0.05, 0) is 35.7 Å². The largest absolute Gasteiger partial charge is 0.497 e. The van der Waals surface area contributed by atoms with Crippen molar-refractivity contribution in [1.29, 1.82) is 0 Å². The highest BCUT2D eigenvalue weighted by molar-refractivity contribution is 9.10. The number of alkyl halides is 1. The lowest BCUT2D eigenvalue weighted by molar-refractivity contribution is -0.128. The van der Waals surface area contributed by atoms with Crippen LogP contribution in [0.15, 0.2) is 48.5 Å². The summed E-state index contributed by atoms with van der Waals surface area (Å²) in [5, 5.41) is 0. The fourth-order valence-electron chi connectivity index (χ4n) is 3.38. The second kappa shape index (κ2) is 8.13. The number of nitrogens with zero attached hydrogens (tertiary/aromatic N) is 1. The van der Waals surface area contributed by atoms with Gasteiger partial charge in [-0.2, -0.15) is 0 Å². The Balaban J connectivity index is 1.84. The molecule has 0 spiro atoms. The van der Waals surface area contributed by atoms with E-state index in [2.05, 4.69) is 15.9 Å². The van der Waals surface area contributed by atoms with E-state index in [0.29, 0.717) is 0 Å². The minimum absolute atomic E-state index is 0.131. The quantitative estimate of drug-likeness (QED) is 0.649. The van der Waals surface area contributed by atoms with Crippen LogP contribution < -0.4 is 4.74 Å². The Morgan fingerprint density at radius 3 is 2.59 bits per heavy atom. The molecule has 2 aromatic carbocycles. The van der Waals surface area contributed by atoms with Crippen molar-refractivity contribution in [2.24, 2.45) is 0 Å². The third-order valence-corrected chi connectivity index (χ3v) is 6.12. The number of rotatable bonds is 5. The van der Waals surface area contributed by atoms with Crippen LogP contribution in [0.2, 0.25) is 0 Å². The van der Waals surface area contributed by atoms with Gasteiger partial charge in [-0.3, -0.25) is 4.79 Å². The summed E-state index contributed by atoms with van der Waals surface area (Å²) in [7, 11) is 1.62. The molecular weight excluding hydrogens is 410 g/mol. The molecule has 1 saturated heterocycles. The van der Waals surface area contributed by atoms with E-state index < -0.39 is 17.0 Å². The summed E-state index contributed by atoms with van der Waals surface area (Å²) >= 11 is 3.52. The van der Waals surface area contributed by atoms with Crippen molar-refractivity contribution >= 4 is 27.9 Å². The van der Waals surface area contributed by atoms with E-state index >= 15 is 0 Å². The highest BCUT2D eigenvalue weighted by Crippen LogP contribution is 2.34. The molecule has 142 valence electrons. The van der Waals surface area contributed by atoms with Gasteiger partial charge < -0.3 is 9.47 Å². The van der Waals surface area contributed by atoms with Crippen LogP contribution in [0.3, 0.4) is 0 Å². The lowest BCUT2D eigenvalue weighted by Gasteiger charge is -2.26. The summed E-state index contributed by atoms with van der Waals surface area (Å²) in [5.41, 5.74) is 2.93. The minimum atomic E-state index is -0.600. The van der Waals surface area contributed by atoms with E-state index in [0.717, 1.165) is 22.4 Å². The number of ether oxygens (including phenoxy) is 2. The molecule has 1 aliphatic heterocycles. The first-order chi connectivity index (χ1) is 12.9. The molecule has 3 atom stereocenters. The third-order valence-electron chi connectivity index (χ3n) is 4.94. The highest BCUT2D eigenvalue weighted by Gasteiger charge is 2.42. The average molecular weight is 432 g/mol. The molecule has 27 heavy (non-hydrogen) atoms. The van der Waals surface area contributed by atoms with Gasteiger partial charge >= 0.3 is 6.09 Å². The van der Waals surface area contributed by atoms with Gasteiger partial charge in [0, 0.05) is 5.92 Å². The smallest absolute Gasteiger partial charge is 0.417 e. The zero-order valence-corrected chi connectivity index (χ0v) is 17.1. The van der Waals surface area contributed by atoms with Crippen molar-refractivity contribution < 1.29 is 19.1 Å². The Hall–Kier alpha value is -2.34. The number of amides is 2. The van der Waals surface area contributed by atoms with Crippen molar-refractivity contribution in [3.8, 4) is 5.75 Å². The Bertz CT molecular complexity index is 839. The molecule has 2 aromatic rings. The van der Waals surface area contributed by atoms with Crippen LogP contribution in [0.25, 0.3) is 0 Å². The normalized spacial score (nSPS) is 18.7. The first kappa shape index (κ1) is 19.4. The zero-order valence-electron chi connectivity index (χ0n) is 15.5. The monoisotopic (exact) mass is 431 g/mol. The molecule has 6 heteroatoms. The van der Waals surface area contributed by atoms with E-state index in [1.165, 1.54) is 4.90 Å². The topological polar surface area (TPSA) is 55.8 Å². The Morgan fingerprint density at radius 2 is 1.96 bits per heavy atom. The standard InChI is InChI=1S/C21H22BrNO4/c1-13-11-16(26-3)9-10-17(13)14(2)19(22)20(24)23-18(12-27-21(23)25)15-7-5-4-6-8-15/h4-11,14,18-19H,12H2,1-3H3/t14-,18+,19-/m0/s1. The number of carbonyl (C=O) groups is 2. The molecule has 0 N–H and O–H groups in total. The second-order valence-electron chi connectivity index (χ2n) is 6.62. The molecule has 1 fully saturated rings. The number of methoxy groups -OCH3 is 1. The first-order valence-corrected chi connectivity index (χ1v) is 9.69. The minimum Gasteiger partial charge on any atom is -0.497 e. The van der Waals surface area contributed by atoms with Crippen LogP contribution in [0.5, 0.6) is 5.75 Å². The summed E-state index contributed by atoms with van der Waals surface area (Å²) in [5.74, 6) is 0.343. The van der Waals surface area contributed by atoms with Crippen LogP contribution in [0.4, 0.5) is 4.79 Å². The van der Waals surface area contributed by atoms with Crippen molar-refractivity contribution in [3.63, 3.8) is 0 Å². The number of hydrogen-bond donors (Lipinski definition) is 0. The molecular formula is C21H22BrNO4. The summed E-state index contributed by atoms with van der Waals surface area (Å²) in [4.78, 5) is 26.1. The molecule has 0 aliphatic carbocycles. The van der Waals surface area contributed by atoms with E-state index in [9.17, 15) is 9.59 Å². The predicted octanol–water partition coefficient (Wildman–Crippen LogP) is 4.59. The van der Waals surface area contributed by atoms with Crippen molar-refractivity contribution in [3.05, 3.63) is 65.2 Å². The fraction of sp³-hybridized carbons (Fsp3) is 0.333. The van der Waals surface area contributed by atoms with Gasteiger partial charge in [-0.25, -0.2) is 9.69 Å². The average Bonchev–Trinajstić information content (AvgIpc) is 3.08. The number of cyclic esters (lactones) is 1. The van der Waals surface area contributed by atoms with Gasteiger partial charge in [0.25, 0.3) is 0 Å². The number of aryl methyl sites for hydroxylation is 1. The van der Waals surface area contributed by atoms with Crippen molar-refractivity contribution in [2.45, 2.75) is 30.6 Å². The summed E-state index contributed by atoms with van der Waals surface area (Å²) < 4.78 is 10.4. The van der Waals surface area contributed by atoms with Gasteiger partial charge in [0.05, 0.1) is 7.11 Å². The van der Waals surface area contributed by atoms with Crippen molar-refractivity contribution in [1.82, 2.24) is 4.90 Å². The van der Waals surface area contributed by atoms with Crippen LogP contribution >= 0.6 is 15.9 Å². The molecule has 2 amide bonds. The number of carbonyl (C=O) groups excluding carboxylic acids is 2. The number of imide groups is 1. The maximum absolute atomic E-state index is 13.1. The Kier molecular flexibility index (Phi) is 5.85. The van der Waals surface area contributed by atoms with E-state index in [1.54, 1.807) is 7.11 Å². The Labute approximate surface area is 167 Å². The van der Waals surface area contributed by atoms with Crippen LogP contribution in [-0.4, -0.2) is 35.4 Å². The van der Waals surface area contributed by atoms with Gasteiger partial charge in [0.15, 0.2) is 0 Å². The third kappa shape index (κ3) is 3.86. The lowest BCUT2D eigenvalue weighted by Crippen LogP contribution is -2.40. The highest BCUT2D eigenvalue weighted by atomic mass is 79.9. The lowest BCUT2D eigenvalue weighted by atomic mass is 9.92. The number of hydrogen-bond acceptors (Lipinski definition) is 4. The molecule has 3 rings (SSSR count). The van der Waals surface area contributed by atoms with Crippen LogP contribution in [0.1, 0.15) is 35.6 Å². The van der Waals surface area contributed by atoms with Gasteiger partial charge in [0.2, 0.25) is 5.91 Å². The van der Waals surface area contributed by atoms with Gasteiger partial charge in [-0.1, -0.05) is 59.3 Å².